The Morgan fingerprint density at radius 2 is 1.65 bits per heavy atom. The molecule has 0 spiro atoms. The van der Waals surface area contributed by atoms with Crippen molar-refractivity contribution in [3.63, 3.8) is 0 Å². The third-order valence-corrected chi connectivity index (χ3v) is 5.94. The van der Waals surface area contributed by atoms with E-state index in [0.717, 1.165) is 36.6 Å². The van der Waals surface area contributed by atoms with Crippen LogP contribution in [0.1, 0.15) is 34.1 Å². The average molecular weight is 412 g/mol. The van der Waals surface area contributed by atoms with E-state index < -0.39 is 0 Å². The first-order chi connectivity index (χ1) is 15.3. The number of benzene rings is 3. The minimum absolute atomic E-state index is 0.0435. The van der Waals surface area contributed by atoms with Crippen LogP contribution in [0.5, 0.6) is 5.75 Å². The molecular weight excluding hydrogens is 386 g/mol. The summed E-state index contributed by atoms with van der Waals surface area (Å²) < 4.78 is 7.30. The molecule has 2 heterocycles. The molecule has 0 bridgehead atoms. The number of ether oxygens (including phenoxy) is 1. The molecule has 31 heavy (non-hydrogen) atoms. The molecule has 0 saturated carbocycles. The molecule has 1 unspecified atom stereocenters. The minimum Gasteiger partial charge on any atom is -0.497 e. The molecule has 6 nitrogen and oxygen atoms in total. The maximum Gasteiger partial charge on any atom is 0.173 e. The van der Waals surface area contributed by atoms with Crippen LogP contribution < -0.4 is 4.74 Å². The van der Waals surface area contributed by atoms with E-state index in [0.29, 0.717) is 6.54 Å². The van der Waals surface area contributed by atoms with Crippen molar-refractivity contribution in [2.24, 2.45) is 0 Å². The summed E-state index contributed by atoms with van der Waals surface area (Å²) in [6.07, 6.45) is 1.02. The predicted octanol–water partition coefficient (Wildman–Crippen LogP) is 3.88. The highest BCUT2D eigenvalue weighted by molar-refractivity contribution is 5.34. The average Bonchev–Trinajstić information content (AvgIpc) is 3.28. The van der Waals surface area contributed by atoms with Gasteiger partial charge >= 0.3 is 0 Å². The van der Waals surface area contributed by atoms with Gasteiger partial charge in [-0.1, -0.05) is 66.7 Å². The van der Waals surface area contributed by atoms with Crippen LogP contribution in [0.25, 0.3) is 0 Å². The van der Waals surface area contributed by atoms with Gasteiger partial charge in [0.15, 0.2) is 5.82 Å². The highest BCUT2D eigenvalue weighted by Gasteiger charge is 2.30. The number of hydrogen-bond acceptors (Lipinski definition) is 5. The van der Waals surface area contributed by atoms with Crippen molar-refractivity contribution < 1.29 is 4.74 Å². The van der Waals surface area contributed by atoms with E-state index in [1.807, 2.05) is 35.0 Å². The van der Waals surface area contributed by atoms with Crippen molar-refractivity contribution in [1.82, 2.24) is 25.1 Å². The second-order valence-corrected chi connectivity index (χ2v) is 7.85. The summed E-state index contributed by atoms with van der Waals surface area (Å²) in [5.74, 6) is 1.70. The van der Waals surface area contributed by atoms with Crippen LogP contribution in [0.4, 0.5) is 0 Å². The first-order valence-electron chi connectivity index (χ1n) is 10.6. The summed E-state index contributed by atoms with van der Waals surface area (Å²) in [5, 5.41) is 12.9. The molecule has 0 amide bonds. The van der Waals surface area contributed by atoms with E-state index in [-0.39, 0.29) is 6.04 Å². The summed E-state index contributed by atoms with van der Waals surface area (Å²) in [5.41, 5.74) is 5.13. The lowest BCUT2D eigenvalue weighted by molar-refractivity contribution is 0.195. The van der Waals surface area contributed by atoms with Crippen molar-refractivity contribution in [2.45, 2.75) is 25.6 Å². The predicted molar refractivity (Wildman–Crippen MR) is 119 cm³/mol. The van der Waals surface area contributed by atoms with Gasteiger partial charge in [0.25, 0.3) is 0 Å². The van der Waals surface area contributed by atoms with E-state index in [2.05, 4.69) is 69.0 Å². The van der Waals surface area contributed by atoms with Gasteiger partial charge in [-0.2, -0.15) is 0 Å². The van der Waals surface area contributed by atoms with Gasteiger partial charge in [0.05, 0.1) is 19.7 Å². The summed E-state index contributed by atoms with van der Waals surface area (Å²) in [7, 11) is 1.69. The molecule has 1 aliphatic heterocycles. The number of rotatable bonds is 6. The van der Waals surface area contributed by atoms with Crippen LogP contribution in [0, 0.1) is 0 Å². The molecule has 1 aromatic heterocycles. The zero-order valence-electron chi connectivity index (χ0n) is 17.6. The second kappa shape index (κ2) is 8.70. The van der Waals surface area contributed by atoms with Crippen molar-refractivity contribution in [2.75, 3.05) is 13.7 Å². The van der Waals surface area contributed by atoms with E-state index >= 15 is 0 Å². The quantitative estimate of drug-likeness (QED) is 0.482. The number of tetrazole rings is 1. The summed E-state index contributed by atoms with van der Waals surface area (Å²) in [6.45, 7) is 2.46. The Morgan fingerprint density at radius 1 is 0.903 bits per heavy atom. The Balaban J connectivity index is 1.53. The first kappa shape index (κ1) is 19.5. The van der Waals surface area contributed by atoms with Crippen LogP contribution >= 0.6 is 0 Å². The Hall–Kier alpha value is -3.51. The molecule has 0 saturated heterocycles. The van der Waals surface area contributed by atoms with Gasteiger partial charge in [-0.25, -0.2) is 4.68 Å². The SMILES string of the molecule is COc1ccc(C(c2nnnn2Cc2ccccc2)N2CCc3ccccc3C2)cc1. The molecule has 1 aliphatic rings. The number of methoxy groups -OCH3 is 1. The van der Waals surface area contributed by atoms with Crippen molar-refractivity contribution in [1.29, 1.82) is 0 Å². The lowest BCUT2D eigenvalue weighted by Gasteiger charge is -2.35. The van der Waals surface area contributed by atoms with Crippen LogP contribution in [0.3, 0.4) is 0 Å². The number of hydrogen-bond donors (Lipinski definition) is 0. The van der Waals surface area contributed by atoms with Crippen LogP contribution in [-0.2, 0) is 19.5 Å². The molecule has 5 rings (SSSR count). The smallest absolute Gasteiger partial charge is 0.173 e. The third kappa shape index (κ3) is 4.07. The largest absolute Gasteiger partial charge is 0.497 e. The topological polar surface area (TPSA) is 56.1 Å². The van der Waals surface area contributed by atoms with Gasteiger partial charge in [-0.3, -0.25) is 4.90 Å². The van der Waals surface area contributed by atoms with Gasteiger partial charge < -0.3 is 4.74 Å². The lowest BCUT2D eigenvalue weighted by atomic mass is 9.96. The standard InChI is InChI=1S/C25H25N5O/c1-31-23-13-11-21(12-14-23)24(29-16-15-20-9-5-6-10-22(20)18-29)25-26-27-28-30(25)17-19-7-3-2-4-8-19/h2-14,24H,15-18H2,1H3. The molecule has 0 fully saturated rings. The van der Waals surface area contributed by atoms with Crippen molar-refractivity contribution >= 4 is 0 Å². The van der Waals surface area contributed by atoms with E-state index in [4.69, 9.17) is 4.74 Å². The first-order valence-corrected chi connectivity index (χ1v) is 10.6. The monoisotopic (exact) mass is 411 g/mol. The molecule has 6 heteroatoms. The van der Waals surface area contributed by atoms with Gasteiger partial charge in [-0.15, -0.1) is 5.10 Å². The summed E-state index contributed by atoms with van der Waals surface area (Å²) in [6, 6.07) is 27.2. The van der Waals surface area contributed by atoms with E-state index in [1.54, 1.807) is 7.11 Å². The van der Waals surface area contributed by atoms with E-state index in [1.165, 1.54) is 16.7 Å². The van der Waals surface area contributed by atoms with Crippen molar-refractivity contribution in [3.05, 3.63) is 107 Å². The van der Waals surface area contributed by atoms with Crippen LogP contribution in [0.15, 0.2) is 78.9 Å². The Bertz CT molecular complexity index is 1140. The summed E-state index contributed by atoms with van der Waals surface area (Å²) >= 11 is 0. The highest BCUT2D eigenvalue weighted by atomic mass is 16.5. The van der Waals surface area contributed by atoms with Gasteiger partial charge in [-0.05, 0) is 51.2 Å². The Morgan fingerprint density at radius 3 is 2.42 bits per heavy atom. The number of fused-ring (bicyclic) bond motifs is 1. The maximum absolute atomic E-state index is 5.38. The third-order valence-electron chi connectivity index (χ3n) is 5.94. The van der Waals surface area contributed by atoms with Gasteiger partial charge in [0.1, 0.15) is 5.75 Å². The number of nitrogens with zero attached hydrogens (tertiary/aromatic N) is 5. The number of aromatic nitrogens is 4. The molecule has 3 aromatic carbocycles. The lowest BCUT2D eigenvalue weighted by Crippen LogP contribution is -2.36. The van der Waals surface area contributed by atoms with E-state index in [9.17, 15) is 0 Å². The van der Waals surface area contributed by atoms with Crippen LogP contribution in [-0.4, -0.2) is 38.8 Å². The fourth-order valence-electron chi connectivity index (χ4n) is 4.32. The molecule has 4 aromatic rings. The molecule has 0 radical (unpaired) electrons. The Labute approximate surface area is 182 Å². The zero-order chi connectivity index (χ0) is 21.0. The minimum atomic E-state index is -0.0435. The molecule has 0 N–H and O–H groups in total. The van der Waals surface area contributed by atoms with Crippen molar-refractivity contribution in [3.8, 4) is 5.75 Å². The molecule has 156 valence electrons. The molecule has 1 atom stereocenters. The van der Waals surface area contributed by atoms with Gasteiger partial charge in [0, 0.05) is 13.1 Å². The fraction of sp³-hybridized carbons (Fsp3) is 0.240. The fourth-order valence-corrected chi connectivity index (χ4v) is 4.32. The van der Waals surface area contributed by atoms with Gasteiger partial charge in [0.2, 0.25) is 0 Å². The zero-order valence-corrected chi connectivity index (χ0v) is 17.6. The Kier molecular flexibility index (Phi) is 5.46. The molecular formula is C25H25N5O. The van der Waals surface area contributed by atoms with Crippen LogP contribution in [0.2, 0.25) is 0 Å². The molecule has 0 aliphatic carbocycles. The maximum atomic E-state index is 5.38. The normalized spacial score (nSPS) is 14.7. The summed E-state index contributed by atoms with van der Waals surface area (Å²) in [4.78, 5) is 2.47. The second-order valence-electron chi connectivity index (χ2n) is 7.85. The highest BCUT2D eigenvalue weighted by Crippen LogP contribution is 2.33.